The van der Waals surface area contributed by atoms with E-state index >= 15 is 0 Å². The number of benzene rings is 2. The largest absolute Gasteiger partial charge is 0.417 e. The Morgan fingerprint density at radius 3 is 2.72 bits per heavy atom. The lowest BCUT2D eigenvalue weighted by Crippen LogP contribution is -2.15. The van der Waals surface area contributed by atoms with E-state index in [2.05, 4.69) is 5.32 Å². The van der Waals surface area contributed by atoms with Gasteiger partial charge >= 0.3 is 5.63 Å². The summed E-state index contributed by atoms with van der Waals surface area (Å²) in [4.78, 5) is 34.5. The fourth-order valence-electron chi connectivity index (χ4n) is 2.27. The molecule has 3 aromatic rings. The number of nitrogens with zero attached hydrogens (tertiary/aromatic N) is 2. The highest BCUT2D eigenvalue weighted by molar-refractivity contribution is 6.04. The standard InChI is InChI=1S/C17H9N3O5/c18-9-10-2-1-3-12(6-10)19-16(21)15-8-11-7-13(20(23)24)4-5-14(11)17(22)25-15/h1-8H,(H,19,21). The molecule has 25 heavy (non-hydrogen) atoms. The van der Waals surface area contributed by atoms with E-state index in [9.17, 15) is 19.7 Å². The molecule has 0 aliphatic rings. The number of fused-ring (bicyclic) bond motifs is 1. The number of carbonyl (C=O) groups excluding carboxylic acids is 1. The van der Waals surface area contributed by atoms with Crippen LogP contribution in [0.15, 0.2) is 57.7 Å². The first-order valence-electron chi connectivity index (χ1n) is 7.02. The summed E-state index contributed by atoms with van der Waals surface area (Å²) in [5, 5.41) is 22.6. The third kappa shape index (κ3) is 3.20. The molecule has 1 aromatic heterocycles. The van der Waals surface area contributed by atoms with Crippen LogP contribution in [-0.2, 0) is 0 Å². The van der Waals surface area contributed by atoms with Crippen LogP contribution in [0.3, 0.4) is 0 Å². The van der Waals surface area contributed by atoms with Gasteiger partial charge in [-0.3, -0.25) is 14.9 Å². The van der Waals surface area contributed by atoms with Crippen LogP contribution < -0.4 is 10.9 Å². The highest BCUT2D eigenvalue weighted by Crippen LogP contribution is 2.20. The summed E-state index contributed by atoms with van der Waals surface area (Å²) in [7, 11) is 0. The van der Waals surface area contributed by atoms with Gasteiger partial charge in [0.1, 0.15) is 0 Å². The van der Waals surface area contributed by atoms with E-state index in [1.165, 1.54) is 30.3 Å². The third-order valence-corrected chi connectivity index (χ3v) is 3.43. The van der Waals surface area contributed by atoms with Crippen LogP contribution in [0, 0.1) is 21.4 Å². The van der Waals surface area contributed by atoms with Crippen LogP contribution in [-0.4, -0.2) is 10.8 Å². The number of nitriles is 1. The Morgan fingerprint density at radius 2 is 2.00 bits per heavy atom. The minimum Gasteiger partial charge on any atom is -0.417 e. The zero-order valence-electron chi connectivity index (χ0n) is 12.6. The summed E-state index contributed by atoms with van der Waals surface area (Å²) in [5.41, 5.74) is -0.270. The smallest absolute Gasteiger partial charge is 0.344 e. The summed E-state index contributed by atoms with van der Waals surface area (Å²) in [5.74, 6) is -0.999. The Kier molecular flexibility index (Phi) is 3.97. The molecule has 0 atom stereocenters. The maximum atomic E-state index is 12.3. The molecule has 0 saturated carbocycles. The molecule has 1 amide bonds. The molecule has 1 heterocycles. The Morgan fingerprint density at radius 1 is 1.20 bits per heavy atom. The van der Waals surface area contributed by atoms with Crippen molar-refractivity contribution >= 4 is 28.1 Å². The molecular formula is C17H9N3O5. The second-order valence-corrected chi connectivity index (χ2v) is 5.07. The van der Waals surface area contributed by atoms with E-state index < -0.39 is 16.5 Å². The maximum Gasteiger partial charge on any atom is 0.344 e. The van der Waals surface area contributed by atoms with Gasteiger partial charge in [-0.05, 0) is 35.7 Å². The highest BCUT2D eigenvalue weighted by atomic mass is 16.6. The van der Waals surface area contributed by atoms with E-state index in [1.54, 1.807) is 18.2 Å². The quantitative estimate of drug-likeness (QED) is 0.579. The van der Waals surface area contributed by atoms with Gasteiger partial charge in [-0.25, -0.2) is 4.79 Å². The van der Waals surface area contributed by atoms with Gasteiger partial charge in [-0.1, -0.05) is 6.07 Å². The van der Waals surface area contributed by atoms with Crippen molar-refractivity contribution in [2.24, 2.45) is 0 Å². The van der Waals surface area contributed by atoms with E-state index in [4.69, 9.17) is 9.68 Å². The number of nitro benzene ring substituents is 1. The molecule has 0 aliphatic carbocycles. The maximum absolute atomic E-state index is 12.3. The van der Waals surface area contributed by atoms with Crippen LogP contribution in [0.1, 0.15) is 16.1 Å². The molecule has 1 N–H and O–H groups in total. The first-order valence-corrected chi connectivity index (χ1v) is 7.02. The number of anilines is 1. The molecule has 0 aliphatic heterocycles. The molecule has 0 saturated heterocycles. The molecule has 0 radical (unpaired) electrons. The highest BCUT2D eigenvalue weighted by Gasteiger charge is 2.15. The summed E-state index contributed by atoms with van der Waals surface area (Å²) in [6, 6.07) is 13.1. The summed E-state index contributed by atoms with van der Waals surface area (Å²) < 4.78 is 4.98. The van der Waals surface area contributed by atoms with Crippen LogP contribution >= 0.6 is 0 Å². The molecule has 0 unspecified atom stereocenters. The van der Waals surface area contributed by atoms with E-state index in [1.807, 2.05) is 6.07 Å². The van der Waals surface area contributed by atoms with Crippen LogP contribution in [0.5, 0.6) is 0 Å². The molecule has 8 nitrogen and oxygen atoms in total. The van der Waals surface area contributed by atoms with Crippen molar-refractivity contribution in [3.63, 3.8) is 0 Å². The molecule has 0 fully saturated rings. The number of carbonyl (C=O) groups is 1. The van der Waals surface area contributed by atoms with Crippen LogP contribution in [0.4, 0.5) is 11.4 Å². The van der Waals surface area contributed by atoms with Gasteiger partial charge in [0.15, 0.2) is 5.76 Å². The van der Waals surface area contributed by atoms with Crippen LogP contribution in [0.2, 0.25) is 0 Å². The van der Waals surface area contributed by atoms with Gasteiger partial charge in [0.05, 0.1) is 21.9 Å². The number of non-ortho nitro benzene ring substituents is 1. The Bertz CT molecular complexity index is 1110. The molecule has 3 rings (SSSR count). The van der Waals surface area contributed by atoms with Gasteiger partial charge in [0, 0.05) is 17.8 Å². The molecule has 0 spiro atoms. The fraction of sp³-hybridized carbons (Fsp3) is 0. The first-order chi connectivity index (χ1) is 12.0. The molecule has 0 bridgehead atoms. The molecule has 8 heteroatoms. The average molecular weight is 335 g/mol. The average Bonchev–Trinajstić information content (AvgIpc) is 2.61. The third-order valence-electron chi connectivity index (χ3n) is 3.43. The summed E-state index contributed by atoms with van der Waals surface area (Å²) >= 11 is 0. The topological polar surface area (TPSA) is 126 Å². The molecule has 122 valence electrons. The van der Waals surface area contributed by atoms with Gasteiger partial charge in [-0.15, -0.1) is 0 Å². The summed E-state index contributed by atoms with van der Waals surface area (Å²) in [6.45, 7) is 0. The van der Waals surface area contributed by atoms with Gasteiger partial charge < -0.3 is 9.73 Å². The number of rotatable bonds is 3. The zero-order chi connectivity index (χ0) is 18.0. The van der Waals surface area contributed by atoms with Gasteiger partial charge in [0.25, 0.3) is 11.6 Å². The minimum atomic E-state index is -0.775. The van der Waals surface area contributed by atoms with Crippen molar-refractivity contribution < 1.29 is 14.1 Å². The Hall–Kier alpha value is -3.99. The minimum absolute atomic E-state index is 0.133. The van der Waals surface area contributed by atoms with Crippen molar-refractivity contribution in [2.45, 2.75) is 0 Å². The Balaban J connectivity index is 1.99. The SMILES string of the molecule is N#Cc1cccc(NC(=O)c2cc3cc([N+](=O)[O-])ccc3c(=O)o2)c1. The monoisotopic (exact) mass is 335 g/mol. The predicted octanol–water partition coefficient (Wildman–Crippen LogP) is 2.83. The fourth-order valence-corrected chi connectivity index (χ4v) is 2.27. The number of hydrogen-bond donors (Lipinski definition) is 1. The molecule has 2 aromatic carbocycles. The first kappa shape index (κ1) is 15.9. The second-order valence-electron chi connectivity index (χ2n) is 5.07. The Labute approximate surface area is 140 Å². The van der Waals surface area contributed by atoms with E-state index in [0.717, 1.165) is 0 Å². The van der Waals surface area contributed by atoms with E-state index in [0.29, 0.717) is 11.3 Å². The lowest BCUT2D eigenvalue weighted by atomic mass is 10.1. The van der Waals surface area contributed by atoms with Crippen molar-refractivity contribution in [2.75, 3.05) is 5.32 Å². The number of amides is 1. The lowest BCUT2D eigenvalue weighted by Gasteiger charge is -2.05. The number of nitrogens with one attached hydrogen (secondary N) is 1. The number of nitro groups is 1. The number of hydrogen-bond acceptors (Lipinski definition) is 6. The normalized spacial score (nSPS) is 10.2. The van der Waals surface area contributed by atoms with Crippen LogP contribution in [0.25, 0.3) is 10.8 Å². The van der Waals surface area contributed by atoms with Crippen molar-refractivity contribution in [3.8, 4) is 6.07 Å². The lowest BCUT2D eigenvalue weighted by molar-refractivity contribution is -0.384. The van der Waals surface area contributed by atoms with Crippen molar-refractivity contribution in [1.82, 2.24) is 0 Å². The van der Waals surface area contributed by atoms with E-state index in [-0.39, 0.29) is 22.2 Å². The predicted molar refractivity (Wildman–Crippen MR) is 88.2 cm³/mol. The second kappa shape index (κ2) is 6.25. The van der Waals surface area contributed by atoms with Gasteiger partial charge in [0.2, 0.25) is 0 Å². The van der Waals surface area contributed by atoms with Gasteiger partial charge in [-0.2, -0.15) is 5.26 Å². The van der Waals surface area contributed by atoms with Crippen molar-refractivity contribution in [3.05, 3.63) is 80.4 Å². The summed E-state index contributed by atoms with van der Waals surface area (Å²) in [6.07, 6.45) is 0. The van der Waals surface area contributed by atoms with Crippen molar-refractivity contribution in [1.29, 1.82) is 5.26 Å². The zero-order valence-corrected chi connectivity index (χ0v) is 12.6. The molecular weight excluding hydrogens is 326 g/mol.